The van der Waals surface area contributed by atoms with Gasteiger partial charge in [-0.3, -0.25) is 4.79 Å². The van der Waals surface area contributed by atoms with Crippen molar-refractivity contribution in [3.63, 3.8) is 0 Å². The number of esters is 1. The summed E-state index contributed by atoms with van der Waals surface area (Å²) in [6.45, 7) is 5.52. The van der Waals surface area contributed by atoms with E-state index in [4.69, 9.17) is 4.74 Å². The van der Waals surface area contributed by atoms with Gasteiger partial charge in [-0.15, -0.1) is 0 Å². The van der Waals surface area contributed by atoms with Crippen molar-refractivity contribution in [3.05, 3.63) is 0 Å². The highest BCUT2D eigenvalue weighted by molar-refractivity contribution is 5.83. The molecule has 1 heterocycles. The molecule has 5 nitrogen and oxygen atoms in total. The second-order valence-corrected chi connectivity index (χ2v) is 4.43. The number of hydrogen-bond donors (Lipinski definition) is 2. The van der Waals surface area contributed by atoms with E-state index >= 15 is 0 Å². The quantitative estimate of drug-likeness (QED) is 0.687. The second-order valence-electron chi connectivity index (χ2n) is 4.43. The van der Waals surface area contributed by atoms with Crippen LogP contribution in [0.3, 0.4) is 0 Å². The Hall–Kier alpha value is -1.10. The van der Waals surface area contributed by atoms with Crippen LogP contribution >= 0.6 is 0 Å². The predicted molar refractivity (Wildman–Crippen MR) is 64.4 cm³/mol. The number of rotatable bonds is 5. The maximum absolute atomic E-state index is 11.7. The SMILES string of the molecule is CCOC(=O)C(CC1CCNCC1)NC(C)=O. The molecule has 0 aromatic carbocycles. The van der Waals surface area contributed by atoms with E-state index in [9.17, 15) is 9.59 Å². The molecule has 0 aromatic heterocycles. The molecule has 0 bridgehead atoms. The topological polar surface area (TPSA) is 67.4 Å². The highest BCUT2D eigenvalue weighted by Gasteiger charge is 2.25. The highest BCUT2D eigenvalue weighted by atomic mass is 16.5. The van der Waals surface area contributed by atoms with E-state index in [1.54, 1.807) is 6.92 Å². The van der Waals surface area contributed by atoms with Gasteiger partial charge in [0.2, 0.25) is 5.91 Å². The van der Waals surface area contributed by atoms with Crippen LogP contribution in [0.5, 0.6) is 0 Å². The van der Waals surface area contributed by atoms with Crippen molar-refractivity contribution in [1.82, 2.24) is 10.6 Å². The first-order valence-electron chi connectivity index (χ1n) is 6.28. The lowest BCUT2D eigenvalue weighted by molar-refractivity contribution is -0.147. The summed E-state index contributed by atoms with van der Waals surface area (Å²) >= 11 is 0. The van der Waals surface area contributed by atoms with E-state index in [1.807, 2.05) is 0 Å². The molecule has 0 aliphatic carbocycles. The number of ether oxygens (including phenoxy) is 1. The summed E-state index contributed by atoms with van der Waals surface area (Å²) in [5, 5.41) is 5.96. The minimum Gasteiger partial charge on any atom is -0.464 e. The van der Waals surface area contributed by atoms with E-state index in [0.29, 0.717) is 18.9 Å². The van der Waals surface area contributed by atoms with Crippen molar-refractivity contribution in [2.24, 2.45) is 5.92 Å². The lowest BCUT2D eigenvalue weighted by atomic mass is 9.91. The smallest absolute Gasteiger partial charge is 0.328 e. The summed E-state index contributed by atoms with van der Waals surface area (Å²) < 4.78 is 4.98. The molecule has 0 radical (unpaired) electrons. The third-order valence-electron chi connectivity index (χ3n) is 2.98. The molecule has 1 atom stereocenters. The average Bonchev–Trinajstić information content (AvgIpc) is 2.29. The molecule has 0 aromatic rings. The van der Waals surface area contributed by atoms with Gasteiger partial charge in [-0.2, -0.15) is 0 Å². The van der Waals surface area contributed by atoms with Gasteiger partial charge >= 0.3 is 5.97 Å². The van der Waals surface area contributed by atoms with Gasteiger partial charge in [-0.25, -0.2) is 4.79 Å². The third-order valence-corrected chi connectivity index (χ3v) is 2.98. The Labute approximate surface area is 102 Å². The van der Waals surface area contributed by atoms with Gasteiger partial charge in [0.1, 0.15) is 6.04 Å². The van der Waals surface area contributed by atoms with Gasteiger partial charge in [-0.1, -0.05) is 0 Å². The molecular weight excluding hydrogens is 220 g/mol. The first-order chi connectivity index (χ1) is 8.13. The van der Waals surface area contributed by atoms with E-state index < -0.39 is 6.04 Å². The van der Waals surface area contributed by atoms with Crippen LogP contribution in [0.25, 0.3) is 0 Å². The number of hydrogen-bond acceptors (Lipinski definition) is 4. The number of carbonyl (C=O) groups excluding carboxylic acids is 2. The van der Waals surface area contributed by atoms with Crippen molar-refractivity contribution in [2.45, 2.75) is 39.2 Å². The average molecular weight is 242 g/mol. The van der Waals surface area contributed by atoms with Crippen molar-refractivity contribution < 1.29 is 14.3 Å². The summed E-state index contributed by atoms with van der Waals surface area (Å²) in [5.74, 6) is -0.0178. The van der Waals surface area contributed by atoms with Crippen LogP contribution in [0.4, 0.5) is 0 Å². The number of nitrogens with one attached hydrogen (secondary N) is 2. The van der Waals surface area contributed by atoms with Gasteiger partial charge in [0.05, 0.1) is 6.61 Å². The molecule has 0 spiro atoms. The van der Waals surface area contributed by atoms with Crippen LogP contribution < -0.4 is 10.6 Å². The minimum atomic E-state index is -0.490. The van der Waals surface area contributed by atoms with Crippen LogP contribution in [-0.4, -0.2) is 37.6 Å². The van der Waals surface area contributed by atoms with E-state index in [1.165, 1.54) is 6.92 Å². The van der Waals surface area contributed by atoms with Crippen molar-refractivity contribution in [1.29, 1.82) is 0 Å². The zero-order valence-electron chi connectivity index (χ0n) is 10.6. The molecule has 5 heteroatoms. The van der Waals surface area contributed by atoms with Gasteiger partial charge in [0.25, 0.3) is 0 Å². The van der Waals surface area contributed by atoms with Crippen molar-refractivity contribution in [2.75, 3.05) is 19.7 Å². The molecule has 1 fully saturated rings. The fourth-order valence-corrected chi connectivity index (χ4v) is 2.15. The summed E-state index contributed by atoms with van der Waals surface area (Å²) in [7, 11) is 0. The monoisotopic (exact) mass is 242 g/mol. The fraction of sp³-hybridized carbons (Fsp3) is 0.833. The lowest BCUT2D eigenvalue weighted by Gasteiger charge is -2.26. The van der Waals surface area contributed by atoms with E-state index in [0.717, 1.165) is 25.9 Å². The van der Waals surface area contributed by atoms with E-state index in [-0.39, 0.29) is 11.9 Å². The van der Waals surface area contributed by atoms with Crippen LogP contribution in [0, 0.1) is 5.92 Å². The molecule has 2 N–H and O–H groups in total. The normalized spacial score (nSPS) is 18.5. The van der Waals surface area contributed by atoms with E-state index in [2.05, 4.69) is 10.6 Å². The molecule has 1 aliphatic rings. The maximum atomic E-state index is 11.7. The van der Waals surface area contributed by atoms with Crippen LogP contribution in [0.15, 0.2) is 0 Å². The summed E-state index contributed by atoms with van der Waals surface area (Å²) in [6, 6.07) is -0.490. The number of amides is 1. The first kappa shape index (κ1) is 14.0. The minimum absolute atomic E-state index is 0.183. The standard InChI is InChI=1S/C12H22N2O3/c1-3-17-12(16)11(14-9(2)15)8-10-4-6-13-7-5-10/h10-11,13H,3-8H2,1-2H3,(H,14,15). The molecule has 98 valence electrons. The number of carbonyl (C=O) groups is 2. The largest absolute Gasteiger partial charge is 0.464 e. The zero-order valence-corrected chi connectivity index (χ0v) is 10.6. The fourth-order valence-electron chi connectivity index (χ4n) is 2.15. The summed E-state index contributed by atoms with van der Waals surface area (Å²) in [4.78, 5) is 22.8. The molecule has 1 saturated heterocycles. The third kappa shape index (κ3) is 5.17. The van der Waals surface area contributed by atoms with Crippen LogP contribution in [-0.2, 0) is 14.3 Å². The van der Waals surface area contributed by atoms with Gasteiger partial charge in [0, 0.05) is 6.92 Å². The first-order valence-corrected chi connectivity index (χ1v) is 6.28. The Kier molecular flexibility index (Phi) is 5.97. The predicted octanol–water partition coefficient (Wildman–Crippen LogP) is 0.444. The molecule has 1 amide bonds. The van der Waals surface area contributed by atoms with Crippen molar-refractivity contribution in [3.8, 4) is 0 Å². The molecular formula is C12H22N2O3. The highest BCUT2D eigenvalue weighted by Crippen LogP contribution is 2.18. The zero-order chi connectivity index (χ0) is 12.7. The summed E-state index contributed by atoms with van der Waals surface area (Å²) in [5.41, 5.74) is 0. The molecule has 1 rings (SSSR count). The van der Waals surface area contributed by atoms with Crippen molar-refractivity contribution >= 4 is 11.9 Å². The summed E-state index contributed by atoms with van der Waals surface area (Å²) in [6.07, 6.45) is 2.78. The maximum Gasteiger partial charge on any atom is 0.328 e. The van der Waals surface area contributed by atoms with Gasteiger partial charge < -0.3 is 15.4 Å². The second kappa shape index (κ2) is 7.27. The Morgan fingerprint density at radius 3 is 2.59 bits per heavy atom. The Morgan fingerprint density at radius 1 is 1.41 bits per heavy atom. The van der Waals surface area contributed by atoms with Crippen LogP contribution in [0.2, 0.25) is 0 Å². The van der Waals surface area contributed by atoms with Gasteiger partial charge in [-0.05, 0) is 45.2 Å². The lowest BCUT2D eigenvalue weighted by Crippen LogP contribution is -2.43. The Bertz CT molecular complexity index is 262. The molecule has 0 saturated carbocycles. The molecule has 1 aliphatic heterocycles. The number of piperidine rings is 1. The Morgan fingerprint density at radius 2 is 2.06 bits per heavy atom. The van der Waals surface area contributed by atoms with Gasteiger partial charge in [0.15, 0.2) is 0 Å². The Balaban J connectivity index is 2.49. The van der Waals surface area contributed by atoms with Crippen LogP contribution in [0.1, 0.15) is 33.1 Å². The molecule has 17 heavy (non-hydrogen) atoms. The molecule has 1 unspecified atom stereocenters.